The van der Waals surface area contributed by atoms with Crippen molar-refractivity contribution in [3.05, 3.63) is 30.3 Å². The highest BCUT2D eigenvalue weighted by atomic mass is 15.2. The fourth-order valence-electron chi connectivity index (χ4n) is 3.04. The van der Waals surface area contributed by atoms with Gasteiger partial charge >= 0.3 is 0 Å². The lowest BCUT2D eigenvalue weighted by atomic mass is 9.92. The third kappa shape index (κ3) is 4.54. The van der Waals surface area contributed by atoms with E-state index in [1.54, 1.807) is 0 Å². The van der Waals surface area contributed by atoms with Gasteiger partial charge in [-0.25, -0.2) is 0 Å². The van der Waals surface area contributed by atoms with Gasteiger partial charge in [0, 0.05) is 18.3 Å². The number of para-hydroxylation sites is 1. The molecule has 0 radical (unpaired) electrons. The highest BCUT2D eigenvalue weighted by molar-refractivity contribution is 5.42. The Morgan fingerprint density at radius 2 is 1.89 bits per heavy atom. The number of hydrogen-bond donors (Lipinski definition) is 1. The molecule has 0 saturated carbocycles. The second-order valence-corrected chi connectivity index (χ2v) is 5.86. The summed E-state index contributed by atoms with van der Waals surface area (Å²) in [6.45, 7) is 8.25. The molecule has 1 atom stereocenters. The van der Waals surface area contributed by atoms with E-state index in [1.807, 2.05) is 0 Å². The molecule has 1 fully saturated rings. The van der Waals surface area contributed by atoms with E-state index in [1.165, 1.54) is 44.5 Å². The molecule has 0 spiro atoms. The van der Waals surface area contributed by atoms with E-state index in [-0.39, 0.29) is 0 Å². The quantitative estimate of drug-likeness (QED) is 0.831. The highest BCUT2D eigenvalue weighted by Gasteiger charge is 2.21. The highest BCUT2D eigenvalue weighted by Crippen LogP contribution is 2.23. The molecule has 1 aromatic carbocycles. The van der Waals surface area contributed by atoms with Gasteiger partial charge in [0.15, 0.2) is 0 Å². The van der Waals surface area contributed by atoms with Gasteiger partial charge < -0.3 is 5.32 Å². The Labute approximate surface area is 118 Å². The first-order valence-electron chi connectivity index (χ1n) is 7.82. The Balaban J connectivity index is 1.71. The number of nitrogens with zero attached hydrogens (tertiary/aromatic N) is 1. The Hall–Kier alpha value is -1.02. The van der Waals surface area contributed by atoms with Crippen molar-refractivity contribution in [2.75, 3.05) is 25.0 Å². The van der Waals surface area contributed by atoms with Crippen molar-refractivity contribution in [2.24, 2.45) is 5.92 Å². The number of rotatable bonds is 6. The van der Waals surface area contributed by atoms with Crippen molar-refractivity contribution >= 4 is 5.69 Å². The van der Waals surface area contributed by atoms with Crippen molar-refractivity contribution in [1.82, 2.24) is 4.90 Å². The van der Waals surface area contributed by atoms with Crippen molar-refractivity contribution in [1.29, 1.82) is 0 Å². The molecule has 0 aliphatic carbocycles. The summed E-state index contributed by atoms with van der Waals surface area (Å²) in [5, 5.41) is 3.54. The van der Waals surface area contributed by atoms with Crippen LogP contribution in [0.3, 0.4) is 0 Å². The van der Waals surface area contributed by atoms with Gasteiger partial charge in [-0.15, -0.1) is 0 Å². The van der Waals surface area contributed by atoms with Crippen LogP contribution in [0.1, 0.15) is 39.5 Å². The minimum Gasteiger partial charge on any atom is -0.383 e. The SMILES string of the molecule is CCCC1CCN(C(C)CNc2ccccc2)CC1. The van der Waals surface area contributed by atoms with Crippen molar-refractivity contribution in [3.63, 3.8) is 0 Å². The molecule has 1 unspecified atom stereocenters. The number of hydrogen-bond acceptors (Lipinski definition) is 2. The topological polar surface area (TPSA) is 15.3 Å². The molecule has 1 aromatic rings. The molecular formula is C17H28N2. The maximum atomic E-state index is 3.54. The largest absolute Gasteiger partial charge is 0.383 e. The zero-order chi connectivity index (χ0) is 13.5. The number of benzene rings is 1. The summed E-state index contributed by atoms with van der Waals surface area (Å²) in [7, 11) is 0. The number of piperidine rings is 1. The van der Waals surface area contributed by atoms with Gasteiger partial charge in [-0.2, -0.15) is 0 Å². The summed E-state index contributed by atoms with van der Waals surface area (Å²) in [5.74, 6) is 0.982. The van der Waals surface area contributed by atoms with E-state index >= 15 is 0 Å². The molecule has 19 heavy (non-hydrogen) atoms. The van der Waals surface area contributed by atoms with Gasteiger partial charge in [0.25, 0.3) is 0 Å². The van der Waals surface area contributed by atoms with Crippen LogP contribution in [0.15, 0.2) is 30.3 Å². The molecule has 0 bridgehead atoms. The van der Waals surface area contributed by atoms with Crippen LogP contribution in [0.2, 0.25) is 0 Å². The zero-order valence-corrected chi connectivity index (χ0v) is 12.4. The van der Waals surface area contributed by atoms with Crippen LogP contribution in [-0.4, -0.2) is 30.6 Å². The Kier molecular flexibility index (Phi) is 5.71. The van der Waals surface area contributed by atoms with Gasteiger partial charge in [-0.3, -0.25) is 4.90 Å². The van der Waals surface area contributed by atoms with Crippen LogP contribution < -0.4 is 5.32 Å². The van der Waals surface area contributed by atoms with Gasteiger partial charge in [0.1, 0.15) is 0 Å². The summed E-state index contributed by atoms with van der Waals surface area (Å²) >= 11 is 0. The van der Waals surface area contributed by atoms with Crippen LogP contribution in [0.4, 0.5) is 5.69 Å². The average molecular weight is 260 g/mol. The van der Waals surface area contributed by atoms with Crippen molar-refractivity contribution in [2.45, 2.75) is 45.6 Å². The first-order chi connectivity index (χ1) is 9.29. The van der Waals surface area contributed by atoms with E-state index in [2.05, 4.69) is 54.4 Å². The molecule has 1 N–H and O–H groups in total. The predicted molar refractivity (Wildman–Crippen MR) is 83.6 cm³/mol. The minimum absolute atomic E-state index is 0.628. The first kappa shape index (κ1) is 14.4. The summed E-state index contributed by atoms with van der Waals surface area (Å²) < 4.78 is 0. The van der Waals surface area contributed by atoms with Crippen LogP contribution in [-0.2, 0) is 0 Å². The van der Waals surface area contributed by atoms with Crippen LogP contribution in [0, 0.1) is 5.92 Å². The van der Waals surface area contributed by atoms with E-state index in [0.717, 1.165) is 12.5 Å². The van der Waals surface area contributed by atoms with Gasteiger partial charge in [0.2, 0.25) is 0 Å². The second-order valence-electron chi connectivity index (χ2n) is 5.86. The first-order valence-corrected chi connectivity index (χ1v) is 7.82. The maximum Gasteiger partial charge on any atom is 0.0340 e. The number of likely N-dealkylation sites (tertiary alicyclic amines) is 1. The minimum atomic E-state index is 0.628. The third-order valence-corrected chi connectivity index (χ3v) is 4.34. The predicted octanol–water partition coefficient (Wildman–Crippen LogP) is 4.00. The maximum absolute atomic E-state index is 3.54. The van der Waals surface area contributed by atoms with Crippen LogP contribution in [0.25, 0.3) is 0 Å². The van der Waals surface area contributed by atoms with Crippen LogP contribution in [0.5, 0.6) is 0 Å². The van der Waals surface area contributed by atoms with E-state index in [9.17, 15) is 0 Å². The standard InChI is InChI=1S/C17H28N2/c1-3-7-16-10-12-19(13-11-16)15(2)14-18-17-8-5-4-6-9-17/h4-6,8-9,15-16,18H,3,7,10-14H2,1-2H3. The lowest BCUT2D eigenvalue weighted by Gasteiger charge is -2.36. The summed E-state index contributed by atoms with van der Waals surface area (Å²) in [6, 6.07) is 11.1. The lowest BCUT2D eigenvalue weighted by Crippen LogP contribution is -2.43. The molecule has 0 amide bonds. The smallest absolute Gasteiger partial charge is 0.0340 e. The van der Waals surface area contributed by atoms with Gasteiger partial charge in [-0.05, 0) is 50.9 Å². The Morgan fingerprint density at radius 3 is 2.53 bits per heavy atom. The Bertz CT molecular complexity index is 342. The Morgan fingerprint density at radius 1 is 1.21 bits per heavy atom. The number of nitrogens with one attached hydrogen (secondary N) is 1. The van der Waals surface area contributed by atoms with Gasteiger partial charge in [-0.1, -0.05) is 38.0 Å². The molecule has 1 aliphatic rings. The molecule has 0 aromatic heterocycles. The molecule has 1 aliphatic heterocycles. The van der Waals surface area contributed by atoms with Crippen molar-refractivity contribution < 1.29 is 0 Å². The summed E-state index contributed by atoms with van der Waals surface area (Å²) in [5.41, 5.74) is 1.23. The van der Waals surface area contributed by atoms with Crippen molar-refractivity contribution in [3.8, 4) is 0 Å². The average Bonchev–Trinajstić information content (AvgIpc) is 2.47. The molecule has 2 heteroatoms. The molecule has 1 heterocycles. The zero-order valence-electron chi connectivity index (χ0n) is 12.4. The molecule has 2 rings (SSSR count). The van der Waals surface area contributed by atoms with Gasteiger partial charge in [0.05, 0.1) is 0 Å². The lowest BCUT2D eigenvalue weighted by molar-refractivity contribution is 0.142. The fraction of sp³-hybridized carbons (Fsp3) is 0.647. The fourth-order valence-corrected chi connectivity index (χ4v) is 3.04. The third-order valence-electron chi connectivity index (χ3n) is 4.34. The normalized spacial score (nSPS) is 19.3. The van der Waals surface area contributed by atoms with E-state index in [0.29, 0.717) is 6.04 Å². The molecule has 2 nitrogen and oxygen atoms in total. The molecule has 106 valence electrons. The summed E-state index contributed by atoms with van der Waals surface area (Å²) in [4.78, 5) is 2.64. The molecular weight excluding hydrogens is 232 g/mol. The van der Waals surface area contributed by atoms with E-state index in [4.69, 9.17) is 0 Å². The van der Waals surface area contributed by atoms with Crippen LogP contribution >= 0.6 is 0 Å². The summed E-state index contributed by atoms with van der Waals surface area (Å²) in [6.07, 6.45) is 5.55. The molecule has 1 saturated heterocycles. The monoisotopic (exact) mass is 260 g/mol. The second kappa shape index (κ2) is 7.54. The van der Waals surface area contributed by atoms with E-state index < -0.39 is 0 Å². The number of anilines is 1.